The Hall–Kier alpha value is -4.36. The van der Waals surface area contributed by atoms with Gasteiger partial charge in [0.1, 0.15) is 11.8 Å². The fourth-order valence-corrected chi connectivity index (χ4v) is 5.28. The lowest BCUT2D eigenvalue weighted by molar-refractivity contribution is 0.0746. The Morgan fingerprint density at radius 2 is 1.68 bits per heavy atom. The fourth-order valence-electron chi connectivity index (χ4n) is 5.28. The number of H-pyrrole nitrogens is 1. The van der Waals surface area contributed by atoms with Crippen molar-refractivity contribution in [2.75, 3.05) is 68.8 Å². The molecule has 0 aliphatic carbocycles. The average Bonchev–Trinajstić information content (AvgIpc) is 3.01. The fraction of sp³-hybridized carbons (Fsp3) is 0.419. The van der Waals surface area contributed by atoms with Crippen molar-refractivity contribution >= 4 is 17.5 Å². The number of ether oxygens (including phenoxy) is 1. The molecule has 1 N–H and O–H groups in total. The highest BCUT2D eigenvalue weighted by molar-refractivity contribution is 5.94. The second-order valence-corrected chi connectivity index (χ2v) is 10.5. The van der Waals surface area contributed by atoms with Crippen LogP contribution < -0.4 is 20.1 Å². The van der Waals surface area contributed by atoms with Crippen LogP contribution >= 0.6 is 0 Å². The van der Waals surface area contributed by atoms with E-state index in [4.69, 9.17) is 9.72 Å². The molecule has 0 atom stereocenters. The topological polar surface area (TPSA) is 109 Å². The Balaban J connectivity index is 1.14. The number of nitriles is 1. The molecule has 10 nitrogen and oxygen atoms in total. The first-order valence-corrected chi connectivity index (χ1v) is 14.4. The molecule has 3 aromatic rings. The van der Waals surface area contributed by atoms with Gasteiger partial charge in [-0.1, -0.05) is 25.5 Å². The summed E-state index contributed by atoms with van der Waals surface area (Å²) in [5, 5.41) is 9.43. The molecule has 10 heteroatoms. The highest BCUT2D eigenvalue weighted by Crippen LogP contribution is 2.22. The van der Waals surface area contributed by atoms with E-state index in [9.17, 15) is 14.9 Å². The van der Waals surface area contributed by atoms with Crippen LogP contribution in [-0.4, -0.2) is 84.6 Å². The number of aromatic nitrogens is 2. The van der Waals surface area contributed by atoms with Gasteiger partial charge in [0.25, 0.3) is 11.5 Å². The van der Waals surface area contributed by atoms with E-state index in [-0.39, 0.29) is 11.5 Å². The summed E-state index contributed by atoms with van der Waals surface area (Å²) in [5.74, 6) is 1.33. The van der Waals surface area contributed by atoms with E-state index in [0.29, 0.717) is 56.4 Å². The van der Waals surface area contributed by atoms with Gasteiger partial charge in [-0.15, -0.1) is 0 Å². The first-order chi connectivity index (χ1) is 20.0. The summed E-state index contributed by atoms with van der Waals surface area (Å²) >= 11 is 0. The van der Waals surface area contributed by atoms with Gasteiger partial charge >= 0.3 is 0 Å². The summed E-state index contributed by atoms with van der Waals surface area (Å²) in [5.41, 5.74) is 2.86. The number of anilines is 2. The smallest absolute Gasteiger partial charge is 0.253 e. The van der Waals surface area contributed by atoms with Crippen molar-refractivity contribution in [3.63, 3.8) is 0 Å². The molecule has 2 aliphatic rings. The quantitative estimate of drug-likeness (QED) is 0.402. The molecule has 214 valence electrons. The molecule has 2 saturated heterocycles. The third kappa shape index (κ3) is 7.05. The molecule has 1 amide bonds. The monoisotopic (exact) mass is 555 g/mol. The zero-order valence-corrected chi connectivity index (χ0v) is 23.6. The van der Waals surface area contributed by atoms with Crippen LogP contribution in [0.3, 0.4) is 0 Å². The van der Waals surface area contributed by atoms with E-state index in [0.717, 1.165) is 56.2 Å². The Bertz CT molecular complexity index is 1420. The van der Waals surface area contributed by atoms with Gasteiger partial charge < -0.3 is 19.4 Å². The Kier molecular flexibility index (Phi) is 9.16. The predicted molar refractivity (Wildman–Crippen MR) is 158 cm³/mol. The van der Waals surface area contributed by atoms with Gasteiger partial charge in [0.15, 0.2) is 0 Å². The number of hydrogen-bond acceptors (Lipinski definition) is 8. The van der Waals surface area contributed by atoms with Crippen molar-refractivity contribution in [1.29, 1.82) is 5.26 Å². The third-order valence-corrected chi connectivity index (χ3v) is 7.64. The third-order valence-electron chi connectivity index (χ3n) is 7.64. The SMILES string of the molecule is CCCCOc1ccc(C(=O)N2CCN(c3nc(CN4CCN(c5ccccc5C#N)CC4)cc(=O)[nH]3)CC2)cc1. The van der Waals surface area contributed by atoms with Gasteiger partial charge in [0.2, 0.25) is 5.95 Å². The number of rotatable bonds is 9. The average molecular weight is 556 g/mol. The van der Waals surface area contributed by atoms with Crippen LogP contribution in [0.2, 0.25) is 0 Å². The van der Waals surface area contributed by atoms with Gasteiger partial charge in [-0.25, -0.2) is 4.98 Å². The molecule has 2 aliphatic heterocycles. The van der Waals surface area contributed by atoms with Crippen LogP contribution in [0.25, 0.3) is 0 Å². The molecule has 0 saturated carbocycles. The van der Waals surface area contributed by atoms with Gasteiger partial charge in [-0.3, -0.25) is 19.5 Å². The van der Waals surface area contributed by atoms with Crippen molar-refractivity contribution in [2.24, 2.45) is 0 Å². The molecule has 1 aromatic heterocycles. The number of unbranched alkanes of at least 4 members (excludes halogenated alkanes) is 1. The minimum absolute atomic E-state index is 0.00324. The maximum absolute atomic E-state index is 13.1. The van der Waals surface area contributed by atoms with Gasteiger partial charge in [0, 0.05) is 70.5 Å². The van der Waals surface area contributed by atoms with E-state index in [2.05, 4.69) is 27.8 Å². The molecule has 5 rings (SSSR count). The lowest BCUT2D eigenvalue weighted by Gasteiger charge is -2.36. The van der Waals surface area contributed by atoms with Crippen LogP contribution in [0.4, 0.5) is 11.6 Å². The van der Waals surface area contributed by atoms with E-state index in [1.165, 1.54) is 0 Å². The lowest BCUT2D eigenvalue weighted by atomic mass is 10.1. The summed E-state index contributed by atoms with van der Waals surface area (Å²) in [6.45, 7) is 8.91. The van der Waals surface area contributed by atoms with E-state index in [1.54, 1.807) is 6.07 Å². The summed E-state index contributed by atoms with van der Waals surface area (Å²) < 4.78 is 5.71. The van der Waals surface area contributed by atoms with Gasteiger partial charge in [0.05, 0.1) is 23.6 Å². The summed E-state index contributed by atoms with van der Waals surface area (Å²) in [6, 6.07) is 18.9. The second-order valence-electron chi connectivity index (χ2n) is 10.5. The van der Waals surface area contributed by atoms with Crippen molar-refractivity contribution in [2.45, 2.75) is 26.3 Å². The van der Waals surface area contributed by atoms with Crippen LogP contribution in [0.5, 0.6) is 5.75 Å². The molecule has 0 spiro atoms. The van der Waals surface area contributed by atoms with Crippen LogP contribution in [0, 0.1) is 11.3 Å². The number of nitrogens with one attached hydrogen (secondary N) is 1. The molecule has 3 heterocycles. The molecule has 0 unspecified atom stereocenters. The summed E-state index contributed by atoms with van der Waals surface area (Å²) in [6.07, 6.45) is 2.08. The van der Waals surface area contributed by atoms with Crippen molar-refractivity contribution in [3.8, 4) is 11.8 Å². The summed E-state index contributed by atoms with van der Waals surface area (Å²) in [4.78, 5) is 41.6. The molecular weight excluding hydrogens is 518 g/mol. The van der Waals surface area contributed by atoms with Gasteiger partial charge in [-0.05, 0) is 42.8 Å². The molecule has 2 fully saturated rings. The normalized spacial score (nSPS) is 16.0. The minimum Gasteiger partial charge on any atom is -0.494 e. The van der Waals surface area contributed by atoms with Crippen molar-refractivity contribution in [3.05, 3.63) is 81.8 Å². The molecular formula is C31H37N7O3. The number of piperazine rings is 2. The first kappa shape index (κ1) is 28.2. The number of nitrogens with zero attached hydrogens (tertiary/aromatic N) is 6. The van der Waals surface area contributed by atoms with Crippen LogP contribution in [-0.2, 0) is 6.54 Å². The Morgan fingerprint density at radius 1 is 0.976 bits per heavy atom. The zero-order valence-electron chi connectivity index (χ0n) is 23.6. The first-order valence-electron chi connectivity index (χ1n) is 14.4. The zero-order chi connectivity index (χ0) is 28.6. The number of carbonyl (C=O) groups is 1. The Labute approximate surface area is 240 Å². The molecule has 41 heavy (non-hydrogen) atoms. The minimum atomic E-state index is -0.175. The largest absolute Gasteiger partial charge is 0.494 e. The van der Waals surface area contributed by atoms with Crippen LogP contribution in [0.15, 0.2) is 59.4 Å². The molecule has 2 aromatic carbocycles. The highest BCUT2D eigenvalue weighted by Gasteiger charge is 2.25. The van der Waals surface area contributed by atoms with Crippen LogP contribution in [0.1, 0.15) is 41.4 Å². The van der Waals surface area contributed by atoms with E-state index >= 15 is 0 Å². The Morgan fingerprint density at radius 3 is 2.39 bits per heavy atom. The maximum Gasteiger partial charge on any atom is 0.253 e. The van der Waals surface area contributed by atoms with Crippen molar-refractivity contribution < 1.29 is 9.53 Å². The number of benzene rings is 2. The number of hydrogen-bond donors (Lipinski definition) is 1. The lowest BCUT2D eigenvalue weighted by Crippen LogP contribution is -2.49. The number of amides is 1. The maximum atomic E-state index is 13.1. The number of aromatic amines is 1. The predicted octanol–water partition coefficient (Wildman–Crippen LogP) is 3.11. The molecule has 0 radical (unpaired) electrons. The van der Waals surface area contributed by atoms with Gasteiger partial charge in [-0.2, -0.15) is 5.26 Å². The second kappa shape index (κ2) is 13.3. The summed E-state index contributed by atoms with van der Waals surface area (Å²) in [7, 11) is 0. The molecule has 0 bridgehead atoms. The van der Waals surface area contributed by atoms with E-state index < -0.39 is 0 Å². The van der Waals surface area contributed by atoms with E-state index in [1.807, 2.05) is 58.3 Å². The number of para-hydroxylation sites is 1. The standard InChI is InChI=1S/C31H37N7O3/c1-2-3-20-41-27-10-8-24(9-11-27)30(40)37-16-18-38(19-17-37)31-33-26(21-29(39)34-31)23-35-12-14-36(15-13-35)28-7-5-4-6-25(28)22-32/h4-11,21H,2-3,12-20,23H2,1H3,(H,33,34,39). The number of carbonyl (C=O) groups excluding carboxylic acids is 1. The highest BCUT2D eigenvalue weighted by atomic mass is 16.5. The van der Waals surface area contributed by atoms with Crippen molar-refractivity contribution in [1.82, 2.24) is 19.8 Å².